The highest BCUT2D eigenvalue weighted by Crippen LogP contribution is 2.67. The first kappa shape index (κ1) is 15.1. The molecule has 0 N–H and O–H groups in total. The molecular formula is C18H20FN5. The number of benzene rings is 1. The van der Waals surface area contributed by atoms with E-state index in [1.54, 1.807) is 16.9 Å². The standard InChI is InChI=1S/C18H20FN5/c1-12-21-16(24(22-12)15-9-10-20-23(15)4)18(11-17(18,2)3)13-7-5-6-8-14(13)19/h5-10H,11H2,1-4H3. The van der Waals surface area contributed by atoms with Crippen LogP contribution in [0.15, 0.2) is 36.5 Å². The Morgan fingerprint density at radius 1 is 1.17 bits per heavy atom. The van der Waals surface area contributed by atoms with Gasteiger partial charge in [0, 0.05) is 18.7 Å². The van der Waals surface area contributed by atoms with Crippen molar-refractivity contribution in [2.75, 3.05) is 0 Å². The Hall–Kier alpha value is -2.50. The second-order valence-corrected chi connectivity index (χ2v) is 7.15. The van der Waals surface area contributed by atoms with E-state index in [9.17, 15) is 4.39 Å². The third-order valence-electron chi connectivity index (χ3n) is 5.18. The SMILES string of the molecule is Cc1nc(C2(c3ccccc3F)CC2(C)C)n(-c2ccnn2C)n1. The highest BCUT2D eigenvalue weighted by atomic mass is 19.1. The lowest BCUT2D eigenvalue weighted by molar-refractivity contribution is 0.491. The van der Waals surface area contributed by atoms with Gasteiger partial charge >= 0.3 is 0 Å². The van der Waals surface area contributed by atoms with Gasteiger partial charge < -0.3 is 0 Å². The summed E-state index contributed by atoms with van der Waals surface area (Å²) in [6.45, 7) is 6.16. The number of rotatable bonds is 3. The lowest BCUT2D eigenvalue weighted by atomic mass is 9.86. The minimum atomic E-state index is -0.482. The van der Waals surface area contributed by atoms with Gasteiger partial charge in [-0.15, -0.1) is 5.10 Å². The van der Waals surface area contributed by atoms with Crippen molar-refractivity contribution in [2.24, 2.45) is 12.5 Å². The molecule has 1 aliphatic rings. The molecule has 1 fully saturated rings. The van der Waals surface area contributed by atoms with E-state index in [-0.39, 0.29) is 11.2 Å². The van der Waals surface area contributed by atoms with Gasteiger partial charge in [-0.2, -0.15) is 9.78 Å². The molecule has 5 nitrogen and oxygen atoms in total. The molecule has 24 heavy (non-hydrogen) atoms. The first-order valence-corrected chi connectivity index (χ1v) is 8.04. The summed E-state index contributed by atoms with van der Waals surface area (Å²) in [6.07, 6.45) is 2.56. The van der Waals surface area contributed by atoms with Crippen LogP contribution in [-0.2, 0) is 12.5 Å². The quantitative estimate of drug-likeness (QED) is 0.743. The number of halogens is 1. The molecule has 1 unspecified atom stereocenters. The average Bonchev–Trinajstić information content (AvgIpc) is 2.84. The number of hydrogen-bond donors (Lipinski definition) is 0. The van der Waals surface area contributed by atoms with Crippen molar-refractivity contribution >= 4 is 0 Å². The summed E-state index contributed by atoms with van der Waals surface area (Å²) >= 11 is 0. The van der Waals surface area contributed by atoms with Crippen LogP contribution >= 0.6 is 0 Å². The molecule has 0 saturated heterocycles. The van der Waals surface area contributed by atoms with Crippen molar-refractivity contribution in [3.05, 3.63) is 59.6 Å². The normalized spacial score (nSPS) is 21.9. The van der Waals surface area contributed by atoms with E-state index in [2.05, 4.69) is 24.0 Å². The highest BCUT2D eigenvalue weighted by Gasteiger charge is 2.66. The van der Waals surface area contributed by atoms with Gasteiger partial charge in [-0.05, 0) is 24.8 Å². The minimum absolute atomic E-state index is 0.0923. The van der Waals surface area contributed by atoms with Crippen LogP contribution in [-0.4, -0.2) is 24.5 Å². The fourth-order valence-electron chi connectivity index (χ4n) is 3.81. The lowest BCUT2D eigenvalue weighted by Gasteiger charge is -2.21. The molecule has 0 bridgehead atoms. The van der Waals surface area contributed by atoms with Gasteiger partial charge in [-0.25, -0.2) is 9.37 Å². The zero-order valence-corrected chi connectivity index (χ0v) is 14.3. The summed E-state index contributed by atoms with van der Waals surface area (Å²) in [7, 11) is 1.87. The molecule has 3 aromatic rings. The van der Waals surface area contributed by atoms with Crippen molar-refractivity contribution in [1.29, 1.82) is 0 Å². The maximum absolute atomic E-state index is 14.6. The van der Waals surface area contributed by atoms with Crippen molar-refractivity contribution < 1.29 is 4.39 Å². The Morgan fingerprint density at radius 2 is 1.88 bits per heavy atom. The first-order valence-electron chi connectivity index (χ1n) is 8.04. The van der Waals surface area contributed by atoms with E-state index < -0.39 is 5.41 Å². The average molecular weight is 325 g/mol. The van der Waals surface area contributed by atoms with Crippen LogP contribution in [0.2, 0.25) is 0 Å². The zero-order chi connectivity index (χ0) is 17.1. The van der Waals surface area contributed by atoms with Gasteiger partial charge in [-0.1, -0.05) is 32.0 Å². The third-order valence-corrected chi connectivity index (χ3v) is 5.18. The molecular weight excluding hydrogens is 305 g/mol. The van der Waals surface area contributed by atoms with E-state index >= 15 is 0 Å². The van der Waals surface area contributed by atoms with Gasteiger partial charge in [0.2, 0.25) is 0 Å². The number of hydrogen-bond acceptors (Lipinski definition) is 3. The maximum Gasteiger partial charge on any atom is 0.153 e. The van der Waals surface area contributed by atoms with E-state index in [0.717, 1.165) is 18.1 Å². The smallest absolute Gasteiger partial charge is 0.153 e. The second kappa shape index (κ2) is 4.75. The maximum atomic E-state index is 14.6. The van der Waals surface area contributed by atoms with Gasteiger partial charge in [-0.3, -0.25) is 4.68 Å². The van der Waals surface area contributed by atoms with Crippen LogP contribution in [0.25, 0.3) is 5.82 Å². The van der Waals surface area contributed by atoms with Crippen LogP contribution in [0.4, 0.5) is 4.39 Å². The molecule has 0 spiro atoms. The van der Waals surface area contributed by atoms with Crippen molar-refractivity contribution in [1.82, 2.24) is 24.5 Å². The van der Waals surface area contributed by atoms with E-state index in [1.165, 1.54) is 6.07 Å². The van der Waals surface area contributed by atoms with Crippen LogP contribution in [0.5, 0.6) is 0 Å². The molecule has 124 valence electrons. The summed E-state index contributed by atoms with van der Waals surface area (Å²) < 4.78 is 18.2. The number of aryl methyl sites for hydroxylation is 2. The molecule has 2 aromatic heterocycles. The van der Waals surface area contributed by atoms with Crippen LogP contribution < -0.4 is 0 Å². The van der Waals surface area contributed by atoms with Gasteiger partial charge in [0.15, 0.2) is 5.82 Å². The van der Waals surface area contributed by atoms with Crippen LogP contribution in [0, 0.1) is 18.2 Å². The zero-order valence-electron chi connectivity index (χ0n) is 14.3. The topological polar surface area (TPSA) is 48.5 Å². The fraction of sp³-hybridized carbons (Fsp3) is 0.389. The minimum Gasteiger partial charge on any atom is -0.251 e. The molecule has 0 aliphatic heterocycles. The highest BCUT2D eigenvalue weighted by molar-refractivity contribution is 5.47. The van der Waals surface area contributed by atoms with E-state index in [1.807, 2.05) is 36.9 Å². The van der Waals surface area contributed by atoms with Crippen LogP contribution in [0.3, 0.4) is 0 Å². The Morgan fingerprint density at radius 3 is 2.46 bits per heavy atom. The fourth-order valence-corrected chi connectivity index (χ4v) is 3.81. The number of aromatic nitrogens is 5. The van der Waals surface area contributed by atoms with Crippen molar-refractivity contribution in [3.63, 3.8) is 0 Å². The summed E-state index contributed by atoms with van der Waals surface area (Å²) in [5.41, 5.74) is 0.111. The molecule has 4 rings (SSSR count). The molecule has 0 amide bonds. The van der Waals surface area contributed by atoms with Gasteiger partial charge in [0.1, 0.15) is 17.5 Å². The monoisotopic (exact) mass is 325 g/mol. The molecule has 2 heterocycles. The number of nitrogens with zero attached hydrogens (tertiary/aromatic N) is 5. The lowest BCUT2D eigenvalue weighted by Crippen LogP contribution is -2.24. The van der Waals surface area contributed by atoms with Crippen molar-refractivity contribution in [3.8, 4) is 5.82 Å². The Balaban J connectivity index is 1.98. The van der Waals surface area contributed by atoms with E-state index in [0.29, 0.717) is 11.4 Å². The van der Waals surface area contributed by atoms with E-state index in [4.69, 9.17) is 4.98 Å². The predicted molar refractivity (Wildman–Crippen MR) is 88.4 cm³/mol. The Labute approximate surface area is 140 Å². The van der Waals surface area contributed by atoms with Gasteiger partial charge in [0.25, 0.3) is 0 Å². The molecule has 1 aromatic carbocycles. The third kappa shape index (κ3) is 1.89. The molecule has 1 atom stereocenters. The van der Waals surface area contributed by atoms with Gasteiger partial charge in [0.05, 0.1) is 11.6 Å². The van der Waals surface area contributed by atoms with Crippen molar-refractivity contribution in [2.45, 2.75) is 32.6 Å². The summed E-state index contributed by atoms with van der Waals surface area (Å²) in [6, 6.07) is 8.87. The largest absolute Gasteiger partial charge is 0.251 e. The predicted octanol–water partition coefficient (Wildman–Crippen LogP) is 3.16. The molecule has 1 aliphatic carbocycles. The summed E-state index contributed by atoms with van der Waals surface area (Å²) in [4.78, 5) is 4.70. The van der Waals surface area contributed by atoms with Crippen LogP contribution in [0.1, 0.15) is 37.5 Å². The molecule has 1 saturated carbocycles. The first-order chi connectivity index (χ1) is 11.4. The molecule has 6 heteroatoms. The molecule has 0 radical (unpaired) electrons. The second-order valence-electron chi connectivity index (χ2n) is 7.15. The Kier molecular flexibility index (Phi) is 2.98. The summed E-state index contributed by atoms with van der Waals surface area (Å²) in [5.74, 6) is 2.08. The summed E-state index contributed by atoms with van der Waals surface area (Å²) in [5, 5.41) is 8.79. The Bertz CT molecular complexity index is 923.